The summed E-state index contributed by atoms with van der Waals surface area (Å²) in [5, 5.41) is 3.62. The molecule has 0 saturated carbocycles. The second kappa shape index (κ2) is 5.44. The maximum atomic E-state index is 11.9. The number of esters is 1. The molecule has 0 fully saturated rings. The van der Waals surface area contributed by atoms with Crippen molar-refractivity contribution in [2.75, 3.05) is 19.1 Å². The van der Waals surface area contributed by atoms with Crippen LogP contribution < -0.4 is 15.2 Å². The van der Waals surface area contributed by atoms with Gasteiger partial charge in [-0.1, -0.05) is 6.07 Å². The number of carbonyl (C=O) groups is 1. The van der Waals surface area contributed by atoms with E-state index in [1.807, 2.05) is 0 Å². The third kappa shape index (κ3) is 3.31. The molecule has 2 N–H and O–H groups in total. The smallest absolute Gasteiger partial charge is 0.345 e. The lowest BCUT2D eigenvalue weighted by Gasteiger charge is -2.03. The van der Waals surface area contributed by atoms with Gasteiger partial charge in [-0.2, -0.15) is 0 Å². The molecule has 1 aromatic heterocycles. The molecule has 1 heterocycles. The largest absolute Gasteiger partial charge is 0.497 e. The number of methoxy groups -OCH3 is 1. The molecule has 0 radical (unpaired) electrons. The second-order valence-corrected chi connectivity index (χ2v) is 5.95. The van der Waals surface area contributed by atoms with Crippen LogP contribution in [0.4, 0.5) is 5.82 Å². The van der Waals surface area contributed by atoms with E-state index in [9.17, 15) is 13.2 Å². The van der Waals surface area contributed by atoms with Crippen molar-refractivity contribution in [3.63, 3.8) is 0 Å². The molecule has 2 rings (SSSR count). The van der Waals surface area contributed by atoms with Crippen molar-refractivity contribution in [1.82, 2.24) is 9.19 Å². The zero-order valence-corrected chi connectivity index (χ0v) is 12.1. The lowest BCUT2D eigenvalue weighted by atomic mass is 10.2. The Balaban J connectivity index is 2.24. The average molecular weight is 311 g/mol. The first kappa shape index (κ1) is 14.9. The second-order valence-electron chi connectivity index (χ2n) is 4.13. The van der Waals surface area contributed by atoms with E-state index in [-0.39, 0.29) is 17.3 Å². The van der Waals surface area contributed by atoms with Gasteiger partial charge in [0.1, 0.15) is 11.6 Å². The standard InChI is InChI=1S/C12H13N3O5S/c1-19-9-5-3-4-8(6-9)12(16)20-11-7-10(13)15(14-11)21(2,17)18/h3-7H,13H2,1-2H3. The fourth-order valence-electron chi connectivity index (χ4n) is 1.58. The van der Waals surface area contributed by atoms with E-state index in [1.54, 1.807) is 12.1 Å². The molecule has 2 aromatic rings. The summed E-state index contributed by atoms with van der Waals surface area (Å²) in [5.41, 5.74) is 5.74. The molecule has 0 aliphatic rings. The normalized spacial score (nSPS) is 11.1. The van der Waals surface area contributed by atoms with E-state index < -0.39 is 16.0 Å². The van der Waals surface area contributed by atoms with Crippen molar-refractivity contribution in [3.05, 3.63) is 35.9 Å². The van der Waals surface area contributed by atoms with Crippen LogP contribution in [0.15, 0.2) is 30.3 Å². The van der Waals surface area contributed by atoms with Crippen molar-refractivity contribution < 1.29 is 22.7 Å². The predicted molar refractivity (Wildman–Crippen MR) is 74.8 cm³/mol. The summed E-state index contributed by atoms with van der Waals surface area (Å²) < 4.78 is 33.3. The molecular weight excluding hydrogens is 298 g/mol. The van der Waals surface area contributed by atoms with Gasteiger partial charge in [0.25, 0.3) is 10.0 Å². The number of aromatic nitrogens is 2. The highest BCUT2D eigenvalue weighted by Crippen LogP contribution is 2.18. The van der Waals surface area contributed by atoms with Gasteiger partial charge in [-0.05, 0) is 18.2 Å². The van der Waals surface area contributed by atoms with E-state index in [4.69, 9.17) is 15.2 Å². The minimum atomic E-state index is -3.65. The Morgan fingerprint density at radius 1 is 1.33 bits per heavy atom. The summed E-state index contributed by atoms with van der Waals surface area (Å²) in [5.74, 6) is -0.561. The average Bonchev–Trinajstić information content (AvgIpc) is 2.79. The van der Waals surface area contributed by atoms with E-state index in [0.717, 1.165) is 12.3 Å². The SMILES string of the molecule is COc1cccc(C(=O)Oc2cc(N)n(S(C)(=O)=O)n2)c1. The van der Waals surface area contributed by atoms with Gasteiger partial charge in [-0.3, -0.25) is 0 Å². The summed E-state index contributed by atoms with van der Waals surface area (Å²) in [7, 11) is -2.18. The van der Waals surface area contributed by atoms with Gasteiger partial charge in [0.2, 0.25) is 5.88 Å². The van der Waals surface area contributed by atoms with Crippen LogP contribution in [-0.2, 0) is 10.0 Å². The molecule has 0 bridgehead atoms. The summed E-state index contributed by atoms with van der Waals surface area (Å²) in [6.07, 6.45) is 0.935. The molecule has 0 atom stereocenters. The van der Waals surface area contributed by atoms with Gasteiger partial charge in [0, 0.05) is 6.07 Å². The summed E-state index contributed by atoms with van der Waals surface area (Å²) >= 11 is 0. The number of anilines is 1. The number of nitrogens with two attached hydrogens (primary N) is 1. The van der Waals surface area contributed by atoms with Crippen molar-refractivity contribution in [1.29, 1.82) is 0 Å². The van der Waals surface area contributed by atoms with Gasteiger partial charge in [0.15, 0.2) is 0 Å². The van der Waals surface area contributed by atoms with Gasteiger partial charge in [-0.25, -0.2) is 13.2 Å². The Kier molecular flexibility index (Phi) is 3.85. The van der Waals surface area contributed by atoms with Crippen LogP contribution in [0.2, 0.25) is 0 Å². The Morgan fingerprint density at radius 3 is 2.62 bits per heavy atom. The molecule has 0 amide bonds. The number of benzene rings is 1. The van der Waals surface area contributed by atoms with E-state index >= 15 is 0 Å². The number of nitrogens with zero attached hydrogens (tertiary/aromatic N) is 2. The van der Waals surface area contributed by atoms with Crippen molar-refractivity contribution in [2.45, 2.75) is 0 Å². The molecule has 9 heteroatoms. The molecule has 21 heavy (non-hydrogen) atoms. The Morgan fingerprint density at radius 2 is 2.05 bits per heavy atom. The zero-order valence-electron chi connectivity index (χ0n) is 11.3. The summed E-state index contributed by atoms with van der Waals surface area (Å²) in [6.45, 7) is 0. The van der Waals surface area contributed by atoms with Crippen LogP contribution in [0.1, 0.15) is 10.4 Å². The van der Waals surface area contributed by atoms with E-state index in [0.29, 0.717) is 9.84 Å². The zero-order chi connectivity index (χ0) is 15.6. The molecule has 0 spiro atoms. The molecule has 0 aliphatic heterocycles. The number of hydrogen-bond donors (Lipinski definition) is 1. The molecule has 8 nitrogen and oxygen atoms in total. The molecule has 0 unspecified atom stereocenters. The number of ether oxygens (including phenoxy) is 2. The quantitative estimate of drug-likeness (QED) is 0.818. The third-order valence-corrected chi connectivity index (χ3v) is 3.42. The van der Waals surface area contributed by atoms with Crippen LogP contribution in [0.3, 0.4) is 0 Å². The minimum Gasteiger partial charge on any atom is -0.497 e. The first-order valence-corrected chi connectivity index (χ1v) is 7.58. The monoisotopic (exact) mass is 311 g/mol. The van der Waals surface area contributed by atoms with Crippen molar-refractivity contribution >= 4 is 21.8 Å². The van der Waals surface area contributed by atoms with E-state index in [1.165, 1.54) is 19.2 Å². The highest BCUT2D eigenvalue weighted by atomic mass is 32.2. The molecule has 0 aliphatic carbocycles. The number of nitrogen functional groups attached to an aromatic ring is 1. The van der Waals surface area contributed by atoms with Gasteiger partial charge in [-0.15, -0.1) is 9.19 Å². The lowest BCUT2D eigenvalue weighted by molar-refractivity contribution is 0.0726. The number of rotatable bonds is 4. The predicted octanol–water partition coefficient (Wildman–Crippen LogP) is 0.501. The van der Waals surface area contributed by atoms with Crippen LogP contribution in [0.25, 0.3) is 0 Å². The van der Waals surface area contributed by atoms with Crippen LogP contribution in [0.5, 0.6) is 11.6 Å². The number of carbonyl (C=O) groups excluding carboxylic acids is 1. The minimum absolute atomic E-state index is 0.147. The summed E-state index contributed by atoms with van der Waals surface area (Å²) in [6, 6.07) is 7.46. The molecule has 1 aromatic carbocycles. The van der Waals surface area contributed by atoms with Crippen molar-refractivity contribution in [3.8, 4) is 11.6 Å². The topological polar surface area (TPSA) is 114 Å². The molecule has 0 saturated heterocycles. The van der Waals surface area contributed by atoms with Crippen LogP contribution in [0, 0.1) is 0 Å². The fourth-order valence-corrected chi connectivity index (χ4v) is 2.24. The van der Waals surface area contributed by atoms with Crippen molar-refractivity contribution in [2.24, 2.45) is 0 Å². The summed E-state index contributed by atoms with van der Waals surface area (Å²) in [4.78, 5) is 11.9. The first-order chi connectivity index (χ1) is 9.81. The van der Waals surface area contributed by atoms with E-state index in [2.05, 4.69) is 5.10 Å². The van der Waals surface area contributed by atoms with Crippen LogP contribution >= 0.6 is 0 Å². The first-order valence-electron chi connectivity index (χ1n) is 5.73. The highest BCUT2D eigenvalue weighted by Gasteiger charge is 2.17. The Hall–Kier alpha value is -2.55. The van der Waals surface area contributed by atoms with Gasteiger partial charge >= 0.3 is 5.97 Å². The van der Waals surface area contributed by atoms with Gasteiger partial charge in [0.05, 0.1) is 18.9 Å². The molecular formula is C12H13N3O5S. The lowest BCUT2D eigenvalue weighted by Crippen LogP contribution is -2.15. The molecule has 112 valence electrons. The Bertz CT molecular complexity index is 782. The van der Waals surface area contributed by atoms with Gasteiger partial charge < -0.3 is 15.2 Å². The third-order valence-electron chi connectivity index (χ3n) is 2.50. The highest BCUT2D eigenvalue weighted by molar-refractivity contribution is 7.89. The Labute approximate surface area is 121 Å². The van der Waals surface area contributed by atoms with Crippen LogP contribution in [-0.4, -0.2) is 36.9 Å². The fraction of sp³-hybridized carbons (Fsp3) is 0.167. The maximum Gasteiger partial charge on any atom is 0.345 e. The number of hydrogen-bond acceptors (Lipinski definition) is 7. The maximum absolute atomic E-state index is 11.9.